The van der Waals surface area contributed by atoms with Gasteiger partial charge in [-0.2, -0.15) is 0 Å². The smallest absolute Gasteiger partial charge is 0.179 e. The molecule has 3 nitrogen and oxygen atoms in total. The van der Waals surface area contributed by atoms with E-state index in [2.05, 4.69) is 20.9 Å². The van der Waals surface area contributed by atoms with Gasteiger partial charge >= 0.3 is 0 Å². The monoisotopic (exact) mass is 407 g/mol. The average Bonchev–Trinajstić information content (AvgIpc) is 2.55. The summed E-state index contributed by atoms with van der Waals surface area (Å²) in [5, 5.41) is 1.06. The number of hydrogen-bond donors (Lipinski definition) is 0. The van der Waals surface area contributed by atoms with Crippen LogP contribution in [-0.2, 0) is 9.84 Å². The summed E-state index contributed by atoms with van der Waals surface area (Å²) in [6, 6.07) is 16.6. The van der Waals surface area contributed by atoms with Gasteiger partial charge in [-0.05, 0) is 36.4 Å². The molecule has 0 radical (unpaired) electrons. The maximum Gasteiger partial charge on any atom is 0.179 e. The first-order chi connectivity index (χ1) is 11.1. The van der Waals surface area contributed by atoms with Crippen LogP contribution >= 0.6 is 27.7 Å². The Hall–Kier alpha value is -1.37. The van der Waals surface area contributed by atoms with E-state index in [9.17, 15) is 8.42 Å². The summed E-state index contributed by atoms with van der Waals surface area (Å²) in [7, 11) is -3.26. The van der Waals surface area contributed by atoms with Crippen molar-refractivity contribution >= 4 is 48.4 Å². The van der Waals surface area contributed by atoms with Crippen LogP contribution in [0.5, 0.6) is 0 Å². The van der Waals surface area contributed by atoms with E-state index in [4.69, 9.17) is 0 Å². The number of rotatable bonds is 5. The molecule has 0 N–H and O–H groups in total. The normalized spacial score (nSPS) is 11.7. The van der Waals surface area contributed by atoms with Crippen molar-refractivity contribution in [3.63, 3.8) is 0 Å². The number of para-hydroxylation sites is 1. The van der Waals surface area contributed by atoms with E-state index < -0.39 is 9.84 Å². The molecular formula is C17H14BrNO2S2. The van der Waals surface area contributed by atoms with Crippen LogP contribution in [0, 0.1) is 0 Å². The van der Waals surface area contributed by atoms with Gasteiger partial charge in [-0.25, -0.2) is 8.42 Å². The lowest BCUT2D eigenvalue weighted by Crippen LogP contribution is -2.08. The number of hydrogen-bond acceptors (Lipinski definition) is 4. The van der Waals surface area contributed by atoms with Gasteiger partial charge in [-0.1, -0.05) is 34.1 Å². The highest BCUT2D eigenvalue weighted by Crippen LogP contribution is 2.27. The molecule has 3 rings (SSSR count). The van der Waals surface area contributed by atoms with Gasteiger partial charge in [0, 0.05) is 26.7 Å². The van der Waals surface area contributed by atoms with E-state index in [0.29, 0.717) is 10.6 Å². The molecular weight excluding hydrogens is 394 g/mol. The quantitative estimate of drug-likeness (QED) is 0.581. The van der Waals surface area contributed by atoms with Gasteiger partial charge in [0.05, 0.1) is 16.2 Å². The fourth-order valence-electron chi connectivity index (χ4n) is 2.22. The highest BCUT2D eigenvalue weighted by Gasteiger charge is 2.14. The number of fused-ring (bicyclic) bond motifs is 1. The van der Waals surface area contributed by atoms with E-state index in [-0.39, 0.29) is 5.75 Å². The van der Waals surface area contributed by atoms with Gasteiger partial charge in [0.2, 0.25) is 0 Å². The number of nitrogens with zero attached hydrogens (tertiary/aromatic N) is 1. The first-order valence-electron chi connectivity index (χ1n) is 7.01. The van der Waals surface area contributed by atoms with Gasteiger partial charge < -0.3 is 0 Å². The van der Waals surface area contributed by atoms with Crippen molar-refractivity contribution in [1.29, 1.82) is 0 Å². The van der Waals surface area contributed by atoms with Crippen molar-refractivity contribution in [3.05, 3.63) is 65.3 Å². The molecule has 1 heterocycles. The van der Waals surface area contributed by atoms with Crippen molar-refractivity contribution in [2.45, 2.75) is 9.79 Å². The van der Waals surface area contributed by atoms with Crippen LogP contribution in [0.1, 0.15) is 0 Å². The summed E-state index contributed by atoms with van der Waals surface area (Å²) in [6.07, 6.45) is 1.76. The first kappa shape index (κ1) is 16.5. The Morgan fingerprint density at radius 1 is 1.00 bits per heavy atom. The zero-order valence-electron chi connectivity index (χ0n) is 12.1. The molecule has 0 aliphatic rings. The van der Waals surface area contributed by atoms with Gasteiger partial charge in [0.1, 0.15) is 0 Å². The third-order valence-corrected chi connectivity index (χ3v) is 6.99. The summed E-state index contributed by atoms with van der Waals surface area (Å²) in [5.41, 5.74) is 0.924. The highest BCUT2D eigenvalue weighted by molar-refractivity contribution is 9.10. The zero-order valence-corrected chi connectivity index (χ0v) is 15.4. The van der Waals surface area contributed by atoms with Crippen LogP contribution < -0.4 is 0 Å². The van der Waals surface area contributed by atoms with E-state index >= 15 is 0 Å². The molecule has 118 valence electrons. The minimum atomic E-state index is -3.26. The Morgan fingerprint density at radius 3 is 2.52 bits per heavy atom. The van der Waals surface area contributed by atoms with Crippen molar-refractivity contribution in [2.75, 3.05) is 11.5 Å². The minimum absolute atomic E-state index is 0.107. The minimum Gasteiger partial charge on any atom is -0.256 e. The summed E-state index contributed by atoms with van der Waals surface area (Å²) in [4.78, 5) is 5.74. The molecule has 23 heavy (non-hydrogen) atoms. The van der Waals surface area contributed by atoms with Gasteiger partial charge in [-0.3, -0.25) is 4.98 Å². The number of sulfone groups is 1. The van der Waals surface area contributed by atoms with E-state index in [1.54, 1.807) is 42.2 Å². The molecule has 1 aromatic heterocycles. The molecule has 0 unspecified atom stereocenters. The molecule has 0 bridgehead atoms. The number of halogens is 1. The van der Waals surface area contributed by atoms with E-state index in [1.807, 2.05) is 30.3 Å². The molecule has 0 spiro atoms. The molecule has 0 atom stereocenters. The summed E-state index contributed by atoms with van der Waals surface area (Å²) < 4.78 is 25.6. The molecule has 3 aromatic rings. The summed E-state index contributed by atoms with van der Waals surface area (Å²) in [6.45, 7) is 0. The zero-order chi connectivity index (χ0) is 16.3. The molecule has 2 aromatic carbocycles. The van der Waals surface area contributed by atoms with Crippen LogP contribution in [0.15, 0.2) is 75.1 Å². The second-order valence-electron chi connectivity index (χ2n) is 4.95. The largest absolute Gasteiger partial charge is 0.256 e. The highest BCUT2D eigenvalue weighted by atomic mass is 79.9. The molecule has 0 fully saturated rings. The number of benzene rings is 2. The lowest BCUT2D eigenvalue weighted by atomic mass is 10.2. The average molecular weight is 408 g/mol. The van der Waals surface area contributed by atoms with Gasteiger partial charge in [-0.15, -0.1) is 11.8 Å². The standard InChI is InChI=1S/C17H14BrNO2S2/c18-13-5-7-14(8-6-13)23(20,21)12-11-22-17-9-10-19-16-4-2-1-3-15(16)17/h1-10H,11-12H2. The van der Waals surface area contributed by atoms with Crippen molar-refractivity contribution in [1.82, 2.24) is 4.98 Å². The number of pyridine rings is 1. The Balaban J connectivity index is 1.72. The van der Waals surface area contributed by atoms with E-state index in [1.165, 1.54) is 0 Å². The fraction of sp³-hybridized carbons (Fsp3) is 0.118. The maximum absolute atomic E-state index is 12.4. The molecule has 6 heteroatoms. The topological polar surface area (TPSA) is 47.0 Å². The Bertz CT molecular complexity index is 919. The number of aromatic nitrogens is 1. The molecule has 0 aliphatic carbocycles. The van der Waals surface area contributed by atoms with E-state index in [0.717, 1.165) is 20.3 Å². The number of thioether (sulfide) groups is 1. The Morgan fingerprint density at radius 2 is 1.74 bits per heavy atom. The van der Waals surface area contributed by atoms with Crippen molar-refractivity contribution < 1.29 is 8.42 Å². The summed E-state index contributed by atoms with van der Waals surface area (Å²) >= 11 is 4.86. The third-order valence-electron chi connectivity index (χ3n) is 3.39. The predicted molar refractivity (Wildman–Crippen MR) is 98.7 cm³/mol. The lowest BCUT2D eigenvalue weighted by Gasteiger charge is -2.07. The second-order valence-corrected chi connectivity index (χ2v) is 9.11. The molecule has 0 saturated carbocycles. The SMILES string of the molecule is O=S(=O)(CCSc1ccnc2ccccc12)c1ccc(Br)cc1. The fourth-order valence-corrected chi connectivity index (χ4v) is 5.18. The molecule has 0 amide bonds. The van der Waals surface area contributed by atoms with Crippen LogP contribution in [0.4, 0.5) is 0 Å². The summed E-state index contributed by atoms with van der Waals surface area (Å²) in [5.74, 6) is 0.613. The Labute approximate surface area is 148 Å². The van der Waals surface area contributed by atoms with Crippen LogP contribution in [0.2, 0.25) is 0 Å². The van der Waals surface area contributed by atoms with Crippen molar-refractivity contribution in [3.8, 4) is 0 Å². The second kappa shape index (κ2) is 7.03. The third kappa shape index (κ3) is 3.94. The Kier molecular flexibility index (Phi) is 5.04. The van der Waals surface area contributed by atoms with Gasteiger partial charge in [0.25, 0.3) is 0 Å². The van der Waals surface area contributed by atoms with Crippen LogP contribution in [0.3, 0.4) is 0 Å². The van der Waals surface area contributed by atoms with Crippen LogP contribution in [-0.4, -0.2) is 24.9 Å². The molecule has 0 saturated heterocycles. The molecule has 0 aliphatic heterocycles. The lowest BCUT2D eigenvalue weighted by molar-refractivity contribution is 0.597. The predicted octanol–water partition coefficient (Wildman–Crippen LogP) is 4.56. The van der Waals surface area contributed by atoms with Gasteiger partial charge in [0.15, 0.2) is 9.84 Å². The van der Waals surface area contributed by atoms with Crippen molar-refractivity contribution in [2.24, 2.45) is 0 Å². The maximum atomic E-state index is 12.4. The first-order valence-corrected chi connectivity index (χ1v) is 10.4. The van der Waals surface area contributed by atoms with Crippen LogP contribution in [0.25, 0.3) is 10.9 Å².